The second-order valence-electron chi connectivity index (χ2n) is 7.86. The number of hydrogen-bond acceptors (Lipinski definition) is 5. The number of aromatic nitrogens is 1. The molecule has 3 aromatic carbocycles. The van der Waals surface area contributed by atoms with Crippen molar-refractivity contribution in [2.45, 2.75) is 27.7 Å². The molecule has 5 rings (SSSR count). The summed E-state index contributed by atoms with van der Waals surface area (Å²) in [5.74, 6) is -0.827. The van der Waals surface area contributed by atoms with Gasteiger partial charge in [0.1, 0.15) is 0 Å². The first kappa shape index (κ1) is 21.5. The van der Waals surface area contributed by atoms with Crippen LogP contribution in [0.15, 0.2) is 45.3 Å². The van der Waals surface area contributed by atoms with Crippen LogP contribution in [0, 0.1) is 13.8 Å². The molecule has 2 aliphatic heterocycles. The highest BCUT2D eigenvalue weighted by Gasteiger charge is 2.30. The Bertz CT molecular complexity index is 1560. The summed E-state index contributed by atoms with van der Waals surface area (Å²) in [6.45, 7) is 7.85. The van der Waals surface area contributed by atoms with Crippen molar-refractivity contribution in [2.24, 2.45) is 0 Å². The molecule has 0 N–H and O–H groups in total. The van der Waals surface area contributed by atoms with E-state index in [0.717, 1.165) is 26.8 Å². The van der Waals surface area contributed by atoms with E-state index in [2.05, 4.69) is 15.9 Å². The van der Waals surface area contributed by atoms with Crippen LogP contribution < -0.4 is 0 Å². The Morgan fingerprint density at radius 1 is 0.970 bits per heavy atom. The zero-order valence-electron chi connectivity index (χ0n) is 18.7. The molecule has 0 atom stereocenters. The Kier molecular flexibility index (Phi) is 5.16. The molecule has 0 amide bonds. The summed E-state index contributed by atoms with van der Waals surface area (Å²) in [6.07, 6.45) is 0. The highest BCUT2D eigenvalue weighted by Crippen LogP contribution is 2.44. The predicted molar refractivity (Wildman–Crippen MR) is 131 cm³/mol. The molecular formula is C26H22BrNO5. The van der Waals surface area contributed by atoms with Gasteiger partial charge in [0.25, 0.3) is 0 Å². The molecule has 0 aliphatic carbocycles. The number of carbonyl (C=O) groups is 2. The van der Waals surface area contributed by atoms with Crippen molar-refractivity contribution in [2.75, 3.05) is 13.2 Å². The summed E-state index contributed by atoms with van der Waals surface area (Å²) in [4.78, 5) is 26.2. The van der Waals surface area contributed by atoms with Crippen molar-refractivity contribution in [3.05, 3.63) is 63.3 Å². The summed E-state index contributed by atoms with van der Waals surface area (Å²) in [5, 5.41) is 2.19. The number of ether oxygens (including phenoxy) is 2. The second kappa shape index (κ2) is 7.92. The molecule has 0 aromatic heterocycles. The molecule has 0 saturated carbocycles. The van der Waals surface area contributed by atoms with Crippen LogP contribution in [0.4, 0.5) is 0 Å². The van der Waals surface area contributed by atoms with Crippen LogP contribution in [-0.4, -0.2) is 29.7 Å². The minimum Gasteiger partial charge on any atom is -0.462 e. The van der Waals surface area contributed by atoms with Gasteiger partial charge in [0.15, 0.2) is 11.2 Å². The fourth-order valence-corrected chi connectivity index (χ4v) is 5.08. The number of carbonyl (C=O) groups excluding carboxylic acids is 2. The van der Waals surface area contributed by atoms with Crippen molar-refractivity contribution in [3.63, 3.8) is 0 Å². The number of nitrogens with zero attached hydrogens (tertiary/aromatic N) is 1. The number of benzene rings is 3. The standard InChI is InChI=1S/C26H22BrNO5/c1-5-31-25(29)20-13(3)24-23-22-16(20)8-7-9-17(22)21(26(30)32-6-2)14(4)28(23)18-11-10-15(27)12-19(18)33-24/h7-12H,5-6H2,1-4H3. The molecule has 7 heteroatoms. The zero-order valence-corrected chi connectivity index (χ0v) is 20.3. The maximum atomic E-state index is 13.1. The van der Waals surface area contributed by atoms with Crippen LogP contribution >= 0.6 is 15.9 Å². The summed E-state index contributed by atoms with van der Waals surface area (Å²) >= 11 is 3.51. The zero-order chi connectivity index (χ0) is 23.4. The summed E-state index contributed by atoms with van der Waals surface area (Å²) in [5.41, 5.74) is 5.16. The Morgan fingerprint density at radius 3 is 2.27 bits per heavy atom. The Hall–Kier alpha value is -3.32. The lowest BCUT2D eigenvalue weighted by molar-refractivity contribution is 0.0518. The number of hydrogen-bond donors (Lipinski definition) is 0. The molecule has 0 spiro atoms. The highest BCUT2D eigenvalue weighted by atomic mass is 79.9. The van der Waals surface area contributed by atoms with Gasteiger partial charge in [-0.1, -0.05) is 34.1 Å². The van der Waals surface area contributed by atoms with Crippen LogP contribution in [0.5, 0.6) is 0 Å². The molecule has 0 saturated heterocycles. The van der Waals surface area contributed by atoms with Gasteiger partial charge in [-0.3, -0.25) is 0 Å². The first-order valence-corrected chi connectivity index (χ1v) is 11.6. The van der Waals surface area contributed by atoms with Gasteiger partial charge in [-0.05, 0) is 51.3 Å². The lowest BCUT2D eigenvalue weighted by atomic mass is 9.90. The molecule has 2 aliphatic rings. The van der Waals surface area contributed by atoms with Crippen molar-refractivity contribution in [1.29, 1.82) is 0 Å². The Balaban J connectivity index is 2.11. The van der Waals surface area contributed by atoms with E-state index in [-0.39, 0.29) is 13.2 Å². The van der Waals surface area contributed by atoms with E-state index in [1.54, 1.807) is 13.8 Å². The minimum atomic E-state index is -0.422. The number of aryl methyl sites for hydroxylation is 1. The number of esters is 2. The average molecular weight is 508 g/mol. The van der Waals surface area contributed by atoms with E-state index in [1.165, 1.54) is 0 Å². The van der Waals surface area contributed by atoms with Crippen LogP contribution in [0.25, 0.3) is 38.5 Å². The molecule has 0 unspecified atom stereocenters. The molecule has 0 bridgehead atoms. The summed E-state index contributed by atoms with van der Waals surface area (Å²) < 4.78 is 20.1. The quantitative estimate of drug-likeness (QED) is 0.154. The van der Waals surface area contributed by atoms with E-state index in [0.29, 0.717) is 38.6 Å². The predicted octanol–water partition coefficient (Wildman–Crippen LogP) is 6.70. The lowest BCUT2D eigenvalue weighted by Crippen LogP contribution is -2.18. The van der Waals surface area contributed by atoms with Crippen molar-refractivity contribution in [3.8, 4) is 5.69 Å². The summed E-state index contributed by atoms with van der Waals surface area (Å²) in [6, 6.07) is 11.4. The Morgan fingerprint density at radius 2 is 1.61 bits per heavy atom. The number of pyridine rings is 1. The van der Waals surface area contributed by atoms with E-state index in [1.807, 2.05) is 54.8 Å². The van der Waals surface area contributed by atoms with Crippen molar-refractivity contribution in [1.82, 2.24) is 4.57 Å². The molecule has 2 heterocycles. The van der Waals surface area contributed by atoms with E-state index in [9.17, 15) is 9.59 Å². The van der Waals surface area contributed by atoms with Gasteiger partial charge in [-0.2, -0.15) is 0 Å². The number of rotatable bonds is 4. The average Bonchev–Trinajstić information content (AvgIpc) is 2.78. The van der Waals surface area contributed by atoms with Crippen molar-refractivity contribution >= 4 is 60.7 Å². The monoisotopic (exact) mass is 507 g/mol. The first-order chi connectivity index (χ1) is 15.9. The third-order valence-electron chi connectivity index (χ3n) is 6.03. The fourth-order valence-electron chi connectivity index (χ4n) is 4.74. The smallest absolute Gasteiger partial charge is 0.340 e. The SMILES string of the molecule is CCOC(=O)c1c(C)c2oc3cc(Br)ccc3n3c(C)c(C(=O)OCC)c4cccc1c4c2-3. The van der Waals surface area contributed by atoms with Gasteiger partial charge < -0.3 is 18.5 Å². The topological polar surface area (TPSA) is 70.7 Å². The largest absolute Gasteiger partial charge is 0.462 e. The van der Waals surface area contributed by atoms with Crippen LogP contribution in [-0.2, 0) is 9.47 Å². The molecule has 0 radical (unpaired) electrons. The van der Waals surface area contributed by atoms with Gasteiger partial charge in [-0.25, -0.2) is 9.59 Å². The Labute approximate surface area is 198 Å². The lowest BCUT2D eigenvalue weighted by Gasteiger charge is -2.26. The molecule has 0 fully saturated rings. The van der Waals surface area contributed by atoms with Crippen LogP contribution in [0.3, 0.4) is 0 Å². The van der Waals surface area contributed by atoms with Crippen molar-refractivity contribution < 1.29 is 23.5 Å². The van der Waals surface area contributed by atoms with Gasteiger partial charge in [-0.15, -0.1) is 0 Å². The van der Waals surface area contributed by atoms with E-state index < -0.39 is 11.9 Å². The minimum absolute atomic E-state index is 0.256. The van der Waals surface area contributed by atoms with E-state index in [4.69, 9.17) is 13.9 Å². The summed E-state index contributed by atoms with van der Waals surface area (Å²) in [7, 11) is 0. The van der Waals surface area contributed by atoms with Gasteiger partial charge >= 0.3 is 11.9 Å². The highest BCUT2D eigenvalue weighted by molar-refractivity contribution is 9.10. The molecule has 6 nitrogen and oxygen atoms in total. The van der Waals surface area contributed by atoms with Crippen LogP contribution in [0.2, 0.25) is 0 Å². The normalized spacial score (nSPS) is 11.7. The third kappa shape index (κ3) is 3.06. The fraction of sp³-hybridized carbons (Fsp3) is 0.231. The number of halogens is 1. The molecule has 3 aromatic rings. The first-order valence-electron chi connectivity index (χ1n) is 10.8. The molecule has 33 heavy (non-hydrogen) atoms. The molecule has 168 valence electrons. The second-order valence-corrected chi connectivity index (χ2v) is 8.77. The number of fused-ring (bicyclic) bond motifs is 2. The maximum Gasteiger partial charge on any atom is 0.340 e. The van der Waals surface area contributed by atoms with Gasteiger partial charge in [0, 0.05) is 26.5 Å². The van der Waals surface area contributed by atoms with E-state index >= 15 is 0 Å². The molecular weight excluding hydrogens is 486 g/mol. The maximum absolute atomic E-state index is 13.1. The van der Waals surface area contributed by atoms with Gasteiger partial charge in [0.05, 0.1) is 35.5 Å². The third-order valence-corrected chi connectivity index (χ3v) is 6.52. The van der Waals surface area contributed by atoms with Crippen LogP contribution in [0.1, 0.15) is 45.8 Å². The van der Waals surface area contributed by atoms with Gasteiger partial charge in [0.2, 0.25) is 0 Å².